The Bertz CT molecular complexity index is 566. The number of hydrogen-bond donors (Lipinski definition) is 1. The van der Waals surface area contributed by atoms with Gasteiger partial charge in [0, 0.05) is 28.9 Å². The molecule has 0 aliphatic rings. The Morgan fingerprint density at radius 3 is 2.47 bits per heavy atom. The molecule has 2 aromatic rings. The van der Waals surface area contributed by atoms with Crippen molar-refractivity contribution in [3.05, 3.63) is 58.1 Å². The zero-order valence-corrected chi connectivity index (χ0v) is 12.9. The van der Waals surface area contributed by atoms with Gasteiger partial charge in [-0.15, -0.1) is 0 Å². The summed E-state index contributed by atoms with van der Waals surface area (Å²) in [6.07, 6.45) is 0. The molecule has 0 saturated carbocycles. The van der Waals surface area contributed by atoms with Crippen molar-refractivity contribution in [2.24, 2.45) is 5.73 Å². The van der Waals surface area contributed by atoms with Gasteiger partial charge in [-0.2, -0.15) is 0 Å². The van der Waals surface area contributed by atoms with Crippen LogP contribution in [0, 0.1) is 6.92 Å². The summed E-state index contributed by atoms with van der Waals surface area (Å²) in [6.45, 7) is 5.76. The highest BCUT2D eigenvalue weighted by atomic mass is 79.9. The van der Waals surface area contributed by atoms with Gasteiger partial charge in [0.25, 0.3) is 0 Å². The van der Waals surface area contributed by atoms with Crippen molar-refractivity contribution in [1.29, 1.82) is 0 Å². The van der Waals surface area contributed by atoms with Gasteiger partial charge in [0.2, 0.25) is 0 Å². The number of nitrogens with zero attached hydrogens (tertiary/aromatic N) is 1. The van der Waals surface area contributed by atoms with E-state index in [0.717, 1.165) is 16.6 Å². The predicted octanol–water partition coefficient (Wildman–Crippen LogP) is 4.37. The molecule has 2 rings (SSSR count). The summed E-state index contributed by atoms with van der Waals surface area (Å²) in [5, 5.41) is 0. The van der Waals surface area contributed by atoms with Gasteiger partial charge in [0.05, 0.1) is 0 Å². The summed E-state index contributed by atoms with van der Waals surface area (Å²) < 4.78 is 1.08. The van der Waals surface area contributed by atoms with E-state index >= 15 is 0 Å². The van der Waals surface area contributed by atoms with Crippen LogP contribution in [0.1, 0.15) is 18.1 Å². The average molecular weight is 319 g/mol. The molecule has 2 N–H and O–H groups in total. The molecule has 0 aliphatic carbocycles. The Balaban J connectivity index is 2.54. The molecule has 0 fully saturated rings. The van der Waals surface area contributed by atoms with Crippen LogP contribution in [-0.4, -0.2) is 6.54 Å². The van der Waals surface area contributed by atoms with Gasteiger partial charge >= 0.3 is 0 Å². The first-order valence-electron chi connectivity index (χ1n) is 6.49. The van der Waals surface area contributed by atoms with Crippen molar-refractivity contribution in [2.45, 2.75) is 20.4 Å². The number of nitrogens with two attached hydrogens (primary N) is 1. The van der Waals surface area contributed by atoms with Crippen LogP contribution in [0.2, 0.25) is 0 Å². The second kappa shape index (κ2) is 6.22. The zero-order valence-electron chi connectivity index (χ0n) is 11.4. The van der Waals surface area contributed by atoms with Gasteiger partial charge in [-0.05, 0) is 43.2 Å². The summed E-state index contributed by atoms with van der Waals surface area (Å²) in [4.78, 5) is 2.31. The SMILES string of the molecule is CCN(c1ccccc1C)c1cc(Br)ccc1CN. The summed E-state index contributed by atoms with van der Waals surface area (Å²) >= 11 is 3.55. The number of halogens is 1. The van der Waals surface area contributed by atoms with Crippen molar-refractivity contribution in [2.75, 3.05) is 11.4 Å². The number of anilines is 2. The standard InChI is InChI=1S/C16H19BrN2/c1-3-19(15-7-5-4-6-12(15)2)16-10-14(17)9-8-13(16)11-18/h4-10H,3,11,18H2,1-2H3. The van der Waals surface area contributed by atoms with Crippen LogP contribution in [0.15, 0.2) is 46.9 Å². The number of aryl methyl sites for hydroxylation is 1. The van der Waals surface area contributed by atoms with Crippen LogP contribution in [0.5, 0.6) is 0 Å². The molecule has 2 nitrogen and oxygen atoms in total. The first-order chi connectivity index (χ1) is 9.17. The van der Waals surface area contributed by atoms with E-state index in [4.69, 9.17) is 5.73 Å². The number of hydrogen-bond acceptors (Lipinski definition) is 2. The minimum Gasteiger partial charge on any atom is -0.341 e. The van der Waals surface area contributed by atoms with Crippen LogP contribution in [-0.2, 0) is 6.54 Å². The molecule has 0 atom stereocenters. The normalized spacial score (nSPS) is 10.5. The second-order valence-electron chi connectivity index (χ2n) is 4.51. The van der Waals surface area contributed by atoms with Gasteiger partial charge in [0.15, 0.2) is 0 Å². The topological polar surface area (TPSA) is 29.3 Å². The molecule has 0 heterocycles. The lowest BCUT2D eigenvalue weighted by Crippen LogP contribution is -2.19. The van der Waals surface area contributed by atoms with Crippen molar-refractivity contribution < 1.29 is 0 Å². The van der Waals surface area contributed by atoms with Gasteiger partial charge < -0.3 is 10.6 Å². The minimum atomic E-state index is 0.547. The Labute approximate surface area is 123 Å². The fraction of sp³-hybridized carbons (Fsp3) is 0.250. The summed E-state index contributed by atoms with van der Waals surface area (Å²) in [5.41, 5.74) is 10.7. The van der Waals surface area contributed by atoms with Crippen molar-refractivity contribution >= 4 is 27.3 Å². The fourth-order valence-corrected chi connectivity index (χ4v) is 2.65. The van der Waals surface area contributed by atoms with Crippen LogP contribution >= 0.6 is 15.9 Å². The third-order valence-electron chi connectivity index (χ3n) is 3.28. The van der Waals surface area contributed by atoms with Crippen molar-refractivity contribution in [3.63, 3.8) is 0 Å². The molecular formula is C16H19BrN2. The van der Waals surface area contributed by atoms with Gasteiger partial charge in [-0.25, -0.2) is 0 Å². The number of rotatable bonds is 4. The Morgan fingerprint density at radius 2 is 1.84 bits per heavy atom. The van der Waals surface area contributed by atoms with Crippen LogP contribution < -0.4 is 10.6 Å². The first kappa shape index (κ1) is 14.1. The zero-order chi connectivity index (χ0) is 13.8. The van der Waals surface area contributed by atoms with E-state index in [1.54, 1.807) is 0 Å². The average Bonchev–Trinajstić information content (AvgIpc) is 2.42. The van der Waals surface area contributed by atoms with Crippen LogP contribution in [0.3, 0.4) is 0 Å². The van der Waals surface area contributed by atoms with E-state index in [2.05, 4.69) is 71.1 Å². The van der Waals surface area contributed by atoms with E-state index in [0.29, 0.717) is 6.54 Å². The lowest BCUT2D eigenvalue weighted by atomic mass is 10.1. The maximum atomic E-state index is 5.87. The largest absolute Gasteiger partial charge is 0.341 e. The highest BCUT2D eigenvalue weighted by Crippen LogP contribution is 2.32. The molecule has 100 valence electrons. The number of benzene rings is 2. The van der Waals surface area contributed by atoms with Gasteiger partial charge in [0.1, 0.15) is 0 Å². The Kier molecular flexibility index (Phi) is 4.61. The molecule has 0 saturated heterocycles. The number of para-hydroxylation sites is 1. The molecule has 0 bridgehead atoms. The van der Waals surface area contributed by atoms with Crippen molar-refractivity contribution in [1.82, 2.24) is 0 Å². The van der Waals surface area contributed by atoms with Gasteiger partial charge in [-0.3, -0.25) is 0 Å². The van der Waals surface area contributed by atoms with Crippen molar-refractivity contribution in [3.8, 4) is 0 Å². The molecular weight excluding hydrogens is 300 g/mol. The Morgan fingerprint density at radius 1 is 1.11 bits per heavy atom. The fourth-order valence-electron chi connectivity index (χ4n) is 2.30. The van der Waals surface area contributed by atoms with E-state index in [9.17, 15) is 0 Å². The van der Waals surface area contributed by atoms with Crippen LogP contribution in [0.25, 0.3) is 0 Å². The third kappa shape index (κ3) is 2.99. The van der Waals surface area contributed by atoms with Gasteiger partial charge in [-0.1, -0.05) is 40.2 Å². The quantitative estimate of drug-likeness (QED) is 0.906. The minimum absolute atomic E-state index is 0.547. The molecule has 3 heteroatoms. The maximum absolute atomic E-state index is 5.87. The summed E-state index contributed by atoms with van der Waals surface area (Å²) in [6, 6.07) is 14.7. The summed E-state index contributed by atoms with van der Waals surface area (Å²) in [5.74, 6) is 0. The highest BCUT2D eigenvalue weighted by molar-refractivity contribution is 9.10. The molecule has 0 aliphatic heterocycles. The molecule has 0 unspecified atom stereocenters. The Hall–Kier alpha value is -1.32. The van der Waals surface area contributed by atoms with Crippen LogP contribution in [0.4, 0.5) is 11.4 Å². The molecule has 0 amide bonds. The summed E-state index contributed by atoms with van der Waals surface area (Å²) in [7, 11) is 0. The smallest absolute Gasteiger partial charge is 0.0467 e. The predicted molar refractivity (Wildman–Crippen MR) is 85.9 cm³/mol. The molecule has 19 heavy (non-hydrogen) atoms. The highest BCUT2D eigenvalue weighted by Gasteiger charge is 2.13. The monoisotopic (exact) mass is 318 g/mol. The first-order valence-corrected chi connectivity index (χ1v) is 7.28. The third-order valence-corrected chi connectivity index (χ3v) is 3.77. The maximum Gasteiger partial charge on any atom is 0.0467 e. The molecule has 0 spiro atoms. The lowest BCUT2D eigenvalue weighted by Gasteiger charge is -2.27. The molecule has 2 aromatic carbocycles. The van der Waals surface area contributed by atoms with E-state index < -0.39 is 0 Å². The molecule has 0 radical (unpaired) electrons. The van der Waals surface area contributed by atoms with E-state index in [1.807, 2.05) is 6.07 Å². The second-order valence-corrected chi connectivity index (χ2v) is 5.42. The molecule has 0 aromatic heterocycles. The van der Waals surface area contributed by atoms with E-state index in [-0.39, 0.29) is 0 Å². The van der Waals surface area contributed by atoms with E-state index in [1.165, 1.54) is 16.9 Å². The lowest BCUT2D eigenvalue weighted by molar-refractivity contribution is 0.977.